The van der Waals surface area contributed by atoms with Crippen molar-refractivity contribution in [1.82, 2.24) is 14.7 Å². The Morgan fingerprint density at radius 1 is 0.864 bits per heavy atom. The number of nitrogens with zero attached hydrogens (tertiary/aromatic N) is 3. The average Bonchev–Trinajstić information content (AvgIpc) is 2.51. The second-order valence-electron chi connectivity index (χ2n) is 8.30. The van der Waals surface area contributed by atoms with Gasteiger partial charge in [0.15, 0.2) is 0 Å². The average molecular weight is 310 g/mol. The number of hydrogen-bond acceptors (Lipinski definition) is 3. The third-order valence-electron chi connectivity index (χ3n) is 5.85. The molecule has 0 spiro atoms. The van der Waals surface area contributed by atoms with Gasteiger partial charge in [0.05, 0.1) is 0 Å². The predicted molar refractivity (Wildman–Crippen MR) is 96.3 cm³/mol. The van der Waals surface area contributed by atoms with Gasteiger partial charge < -0.3 is 14.7 Å². The summed E-state index contributed by atoms with van der Waals surface area (Å²) in [5.74, 6) is 2.67. The highest BCUT2D eigenvalue weighted by molar-refractivity contribution is 4.77. The van der Waals surface area contributed by atoms with Crippen molar-refractivity contribution in [3.63, 3.8) is 0 Å². The molecule has 2 aliphatic heterocycles. The molecule has 22 heavy (non-hydrogen) atoms. The summed E-state index contributed by atoms with van der Waals surface area (Å²) in [6, 6.07) is 0. The Balaban J connectivity index is 1.60. The van der Waals surface area contributed by atoms with Crippen LogP contribution in [0.25, 0.3) is 0 Å². The van der Waals surface area contributed by atoms with Crippen LogP contribution in [-0.4, -0.2) is 74.1 Å². The fraction of sp³-hybridized carbons (Fsp3) is 1.00. The monoisotopic (exact) mass is 309 g/mol. The van der Waals surface area contributed by atoms with Crippen molar-refractivity contribution in [1.29, 1.82) is 0 Å². The molecule has 130 valence electrons. The molecule has 3 heteroatoms. The van der Waals surface area contributed by atoms with E-state index < -0.39 is 0 Å². The molecule has 2 saturated heterocycles. The van der Waals surface area contributed by atoms with E-state index in [0.29, 0.717) is 0 Å². The van der Waals surface area contributed by atoms with Gasteiger partial charge >= 0.3 is 0 Å². The Bertz CT molecular complexity index is 297. The molecule has 2 heterocycles. The molecular weight excluding hydrogens is 270 g/mol. The summed E-state index contributed by atoms with van der Waals surface area (Å²) >= 11 is 0. The SMILES string of the molecule is CC(C)CCN1CCN(CCC(C)C2CCCN(C)C2)CC1. The van der Waals surface area contributed by atoms with Crippen LogP contribution in [0.3, 0.4) is 0 Å². The molecule has 3 nitrogen and oxygen atoms in total. The minimum atomic E-state index is 0.840. The Hall–Kier alpha value is -0.120. The van der Waals surface area contributed by atoms with Crippen molar-refractivity contribution in [3.05, 3.63) is 0 Å². The van der Waals surface area contributed by atoms with Gasteiger partial charge in [0.1, 0.15) is 0 Å². The lowest BCUT2D eigenvalue weighted by molar-refractivity contribution is 0.110. The molecule has 0 aromatic carbocycles. The lowest BCUT2D eigenvalue weighted by atomic mass is 9.85. The van der Waals surface area contributed by atoms with Crippen LogP contribution in [0, 0.1) is 17.8 Å². The smallest absolute Gasteiger partial charge is 0.0110 e. The van der Waals surface area contributed by atoms with Crippen LogP contribution in [0.5, 0.6) is 0 Å². The zero-order chi connectivity index (χ0) is 15.9. The van der Waals surface area contributed by atoms with E-state index in [1.165, 1.54) is 78.0 Å². The first-order chi connectivity index (χ1) is 10.5. The lowest BCUT2D eigenvalue weighted by Crippen LogP contribution is -2.47. The van der Waals surface area contributed by atoms with E-state index in [4.69, 9.17) is 0 Å². The second-order valence-corrected chi connectivity index (χ2v) is 8.30. The Morgan fingerprint density at radius 2 is 1.45 bits per heavy atom. The van der Waals surface area contributed by atoms with E-state index in [9.17, 15) is 0 Å². The highest BCUT2D eigenvalue weighted by Crippen LogP contribution is 2.25. The van der Waals surface area contributed by atoms with Gasteiger partial charge in [-0.2, -0.15) is 0 Å². The van der Waals surface area contributed by atoms with Gasteiger partial charge in [0.2, 0.25) is 0 Å². The summed E-state index contributed by atoms with van der Waals surface area (Å²) in [5.41, 5.74) is 0. The molecule has 0 N–H and O–H groups in total. The van der Waals surface area contributed by atoms with Gasteiger partial charge in [-0.3, -0.25) is 0 Å². The maximum atomic E-state index is 2.70. The molecule has 0 amide bonds. The first-order valence-electron chi connectivity index (χ1n) is 9.68. The van der Waals surface area contributed by atoms with Crippen molar-refractivity contribution in [2.24, 2.45) is 17.8 Å². The first kappa shape index (κ1) is 18.2. The fourth-order valence-electron chi connectivity index (χ4n) is 3.97. The maximum Gasteiger partial charge on any atom is 0.0110 e. The van der Waals surface area contributed by atoms with Crippen LogP contribution in [0.1, 0.15) is 46.5 Å². The van der Waals surface area contributed by atoms with E-state index in [2.05, 4.69) is 42.5 Å². The van der Waals surface area contributed by atoms with Gasteiger partial charge in [-0.05, 0) is 70.1 Å². The van der Waals surface area contributed by atoms with Gasteiger partial charge in [-0.15, -0.1) is 0 Å². The van der Waals surface area contributed by atoms with Crippen LogP contribution in [0.2, 0.25) is 0 Å². The first-order valence-corrected chi connectivity index (χ1v) is 9.68. The van der Waals surface area contributed by atoms with E-state index in [1.807, 2.05) is 0 Å². The number of rotatable bonds is 7. The van der Waals surface area contributed by atoms with Gasteiger partial charge in [-0.25, -0.2) is 0 Å². The molecule has 0 saturated carbocycles. The molecule has 2 aliphatic rings. The van der Waals surface area contributed by atoms with Crippen molar-refractivity contribution in [2.45, 2.75) is 46.5 Å². The van der Waals surface area contributed by atoms with Crippen molar-refractivity contribution in [2.75, 3.05) is 59.4 Å². The van der Waals surface area contributed by atoms with Crippen LogP contribution in [-0.2, 0) is 0 Å². The Kier molecular flexibility index (Phi) is 7.66. The topological polar surface area (TPSA) is 9.72 Å². The molecule has 2 rings (SSSR count). The largest absolute Gasteiger partial charge is 0.306 e. The van der Waals surface area contributed by atoms with Gasteiger partial charge in [-0.1, -0.05) is 20.8 Å². The van der Waals surface area contributed by atoms with Crippen LogP contribution < -0.4 is 0 Å². The zero-order valence-electron chi connectivity index (χ0n) is 15.6. The summed E-state index contributed by atoms with van der Waals surface area (Å²) in [6.45, 7) is 17.6. The summed E-state index contributed by atoms with van der Waals surface area (Å²) in [4.78, 5) is 7.89. The third-order valence-corrected chi connectivity index (χ3v) is 5.85. The molecule has 2 atom stereocenters. The number of likely N-dealkylation sites (tertiary alicyclic amines) is 1. The molecule has 0 aliphatic carbocycles. The number of piperidine rings is 1. The minimum Gasteiger partial charge on any atom is -0.306 e. The summed E-state index contributed by atoms with van der Waals surface area (Å²) in [5, 5.41) is 0. The van der Waals surface area contributed by atoms with E-state index >= 15 is 0 Å². The van der Waals surface area contributed by atoms with Crippen molar-refractivity contribution < 1.29 is 0 Å². The van der Waals surface area contributed by atoms with Crippen LogP contribution >= 0.6 is 0 Å². The van der Waals surface area contributed by atoms with E-state index in [1.54, 1.807) is 0 Å². The lowest BCUT2D eigenvalue weighted by Gasteiger charge is -2.37. The molecule has 0 bridgehead atoms. The Labute approximate surface area is 139 Å². The molecular formula is C19H39N3. The van der Waals surface area contributed by atoms with Crippen LogP contribution in [0.15, 0.2) is 0 Å². The van der Waals surface area contributed by atoms with E-state index in [-0.39, 0.29) is 0 Å². The summed E-state index contributed by atoms with van der Waals surface area (Å²) < 4.78 is 0. The zero-order valence-corrected chi connectivity index (χ0v) is 15.6. The standard InChI is InChI=1S/C19H39N3/c1-17(2)7-10-21-12-14-22(15-13-21)11-8-18(3)19-6-5-9-20(4)16-19/h17-19H,5-16H2,1-4H3. The molecule has 2 unspecified atom stereocenters. The highest BCUT2D eigenvalue weighted by atomic mass is 15.3. The molecule has 0 radical (unpaired) electrons. The molecule has 0 aromatic rings. The second kappa shape index (κ2) is 9.24. The third kappa shape index (κ3) is 6.17. The van der Waals surface area contributed by atoms with Crippen molar-refractivity contribution in [3.8, 4) is 0 Å². The van der Waals surface area contributed by atoms with Crippen molar-refractivity contribution >= 4 is 0 Å². The maximum absolute atomic E-state index is 2.70. The molecule has 0 aromatic heterocycles. The van der Waals surface area contributed by atoms with Gasteiger partial charge in [0.25, 0.3) is 0 Å². The normalized spacial score (nSPS) is 27.4. The molecule has 2 fully saturated rings. The quantitative estimate of drug-likeness (QED) is 0.716. The van der Waals surface area contributed by atoms with Crippen LogP contribution in [0.4, 0.5) is 0 Å². The number of hydrogen-bond donors (Lipinski definition) is 0. The Morgan fingerprint density at radius 3 is 2.00 bits per heavy atom. The van der Waals surface area contributed by atoms with E-state index in [0.717, 1.165) is 17.8 Å². The summed E-state index contributed by atoms with van der Waals surface area (Å²) in [7, 11) is 2.29. The minimum absolute atomic E-state index is 0.840. The summed E-state index contributed by atoms with van der Waals surface area (Å²) in [6.07, 6.45) is 5.60. The fourth-order valence-corrected chi connectivity index (χ4v) is 3.97. The highest BCUT2D eigenvalue weighted by Gasteiger charge is 2.24. The number of piperazine rings is 1. The van der Waals surface area contributed by atoms with Gasteiger partial charge in [0, 0.05) is 32.7 Å². The predicted octanol–water partition coefficient (Wildman–Crippen LogP) is 3.02.